The van der Waals surface area contributed by atoms with Gasteiger partial charge in [0.05, 0.1) is 12.2 Å². The summed E-state index contributed by atoms with van der Waals surface area (Å²) in [5.41, 5.74) is 1.08. The zero-order valence-corrected chi connectivity index (χ0v) is 13.4. The predicted molar refractivity (Wildman–Crippen MR) is 84.7 cm³/mol. The maximum absolute atomic E-state index is 12.5. The first kappa shape index (κ1) is 16.9. The van der Waals surface area contributed by atoms with E-state index in [0.717, 1.165) is 5.56 Å². The average Bonchev–Trinajstić information content (AvgIpc) is 2.34. The van der Waals surface area contributed by atoms with Crippen molar-refractivity contribution < 1.29 is 13.6 Å². The Labute approximate surface area is 121 Å². The number of allylic oxidation sites excluding steroid dienone is 2. The van der Waals surface area contributed by atoms with Gasteiger partial charge in [-0.25, -0.2) is 0 Å². The summed E-state index contributed by atoms with van der Waals surface area (Å²) in [6.07, 6.45) is 5.17. The molecule has 0 aliphatic heterocycles. The summed E-state index contributed by atoms with van der Waals surface area (Å²) < 4.78 is 23.3. The largest absolute Gasteiger partial charge is 0.354 e. The number of rotatable bonds is 7. The fourth-order valence-corrected chi connectivity index (χ4v) is 3.24. The van der Waals surface area contributed by atoms with Crippen molar-refractivity contribution in [1.82, 2.24) is 0 Å². The van der Waals surface area contributed by atoms with Crippen LogP contribution in [-0.4, -0.2) is 12.2 Å². The first-order chi connectivity index (χ1) is 9.41. The molecule has 0 saturated heterocycles. The van der Waals surface area contributed by atoms with Gasteiger partial charge in [0.25, 0.3) is 0 Å². The molecule has 1 rings (SSSR count). The lowest BCUT2D eigenvalue weighted by atomic mass is 10.2. The van der Waals surface area contributed by atoms with Gasteiger partial charge in [-0.3, -0.25) is 4.57 Å². The highest BCUT2D eigenvalue weighted by molar-refractivity contribution is 7.57. The molecule has 1 aromatic carbocycles. The van der Waals surface area contributed by atoms with E-state index in [1.54, 1.807) is 6.08 Å². The van der Waals surface area contributed by atoms with Crippen LogP contribution in [0.1, 0.15) is 33.3 Å². The third-order valence-electron chi connectivity index (χ3n) is 2.18. The lowest BCUT2D eigenvalue weighted by molar-refractivity contribution is 0.149. The standard InChI is InChI=1S/C16H23O3P/c1-14(2)18-20(17,19-15(3)4)13-9-8-12-16-10-6-5-7-11-16/h5-15H,1-4H3/b12-8+,13-9+. The van der Waals surface area contributed by atoms with Gasteiger partial charge < -0.3 is 9.05 Å². The summed E-state index contributed by atoms with van der Waals surface area (Å²) in [5, 5.41) is 0. The maximum Gasteiger partial charge on any atom is 0.354 e. The van der Waals surface area contributed by atoms with Gasteiger partial charge >= 0.3 is 7.60 Å². The maximum atomic E-state index is 12.5. The second-order valence-electron chi connectivity index (χ2n) is 4.96. The first-order valence-corrected chi connectivity index (χ1v) is 8.40. The summed E-state index contributed by atoms with van der Waals surface area (Å²) in [4.78, 5) is 0. The molecule has 0 saturated carbocycles. The topological polar surface area (TPSA) is 35.5 Å². The van der Waals surface area contributed by atoms with Gasteiger partial charge in [-0.05, 0) is 33.3 Å². The molecule has 0 fully saturated rings. The molecule has 0 bridgehead atoms. The van der Waals surface area contributed by atoms with Gasteiger partial charge in [0.15, 0.2) is 0 Å². The van der Waals surface area contributed by atoms with Crippen molar-refractivity contribution in [3.63, 3.8) is 0 Å². The molecule has 0 heterocycles. The quantitative estimate of drug-likeness (QED) is 0.508. The SMILES string of the molecule is CC(C)OP(=O)(/C=C/C=C/c1ccccc1)OC(C)C. The Morgan fingerprint density at radius 1 is 0.950 bits per heavy atom. The molecule has 1 aromatic rings. The number of hydrogen-bond acceptors (Lipinski definition) is 3. The van der Waals surface area contributed by atoms with Crippen molar-refractivity contribution in [3.8, 4) is 0 Å². The summed E-state index contributed by atoms with van der Waals surface area (Å²) in [5.74, 6) is 1.51. The Balaban J connectivity index is 2.72. The van der Waals surface area contributed by atoms with E-state index in [-0.39, 0.29) is 12.2 Å². The van der Waals surface area contributed by atoms with Crippen LogP contribution < -0.4 is 0 Å². The van der Waals surface area contributed by atoms with E-state index in [1.165, 1.54) is 5.82 Å². The fraction of sp³-hybridized carbons (Fsp3) is 0.375. The minimum atomic E-state index is -3.18. The van der Waals surface area contributed by atoms with Gasteiger partial charge in [0.1, 0.15) is 0 Å². The Morgan fingerprint density at radius 3 is 2.00 bits per heavy atom. The molecule has 4 heteroatoms. The molecule has 0 radical (unpaired) electrons. The molecule has 0 atom stereocenters. The van der Waals surface area contributed by atoms with Crippen LogP contribution in [0.15, 0.2) is 48.3 Å². The minimum Gasteiger partial charge on any atom is -0.303 e. The van der Waals surface area contributed by atoms with E-state index < -0.39 is 7.60 Å². The zero-order valence-electron chi connectivity index (χ0n) is 12.5. The first-order valence-electron chi connectivity index (χ1n) is 6.79. The second-order valence-corrected chi connectivity index (χ2v) is 6.76. The smallest absolute Gasteiger partial charge is 0.303 e. The highest BCUT2D eigenvalue weighted by Gasteiger charge is 2.23. The van der Waals surface area contributed by atoms with Crippen LogP contribution in [0.5, 0.6) is 0 Å². The zero-order chi connectivity index (χ0) is 15.0. The lowest BCUT2D eigenvalue weighted by Crippen LogP contribution is -2.06. The average molecular weight is 294 g/mol. The molecule has 110 valence electrons. The van der Waals surface area contributed by atoms with Crippen molar-refractivity contribution in [2.75, 3.05) is 0 Å². The van der Waals surface area contributed by atoms with Crippen LogP contribution in [0.2, 0.25) is 0 Å². The van der Waals surface area contributed by atoms with Crippen LogP contribution in [0.3, 0.4) is 0 Å². The second kappa shape index (κ2) is 8.21. The molecular weight excluding hydrogens is 271 g/mol. The van der Waals surface area contributed by atoms with E-state index in [9.17, 15) is 4.57 Å². The molecule has 0 aliphatic carbocycles. The Bertz CT molecular complexity index is 476. The molecule has 3 nitrogen and oxygen atoms in total. The predicted octanol–water partition coefficient (Wildman–Crippen LogP) is 5.26. The Kier molecular flexibility index (Phi) is 6.94. The van der Waals surface area contributed by atoms with E-state index in [2.05, 4.69) is 0 Å². The molecular formula is C16H23O3P. The van der Waals surface area contributed by atoms with E-state index in [4.69, 9.17) is 9.05 Å². The molecule has 0 spiro atoms. The normalized spacial score (nSPS) is 13.1. The van der Waals surface area contributed by atoms with Crippen LogP contribution >= 0.6 is 7.60 Å². The fourth-order valence-electron chi connectivity index (χ4n) is 1.57. The molecule has 0 aliphatic rings. The third kappa shape index (κ3) is 6.85. The van der Waals surface area contributed by atoms with Crippen molar-refractivity contribution in [2.45, 2.75) is 39.9 Å². The van der Waals surface area contributed by atoms with Crippen LogP contribution in [0, 0.1) is 0 Å². The molecule has 0 unspecified atom stereocenters. The monoisotopic (exact) mass is 294 g/mol. The van der Waals surface area contributed by atoms with E-state index in [0.29, 0.717) is 0 Å². The molecule has 0 aromatic heterocycles. The highest BCUT2D eigenvalue weighted by atomic mass is 31.2. The van der Waals surface area contributed by atoms with E-state index in [1.807, 2.05) is 70.2 Å². The lowest BCUT2D eigenvalue weighted by Gasteiger charge is -2.19. The molecule has 0 N–H and O–H groups in total. The van der Waals surface area contributed by atoms with Crippen LogP contribution in [-0.2, 0) is 13.6 Å². The van der Waals surface area contributed by atoms with Crippen molar-refractivity contribution in [2.24, 2.45) is 0 Å². The van der Waals surface area contributed by atoms with Gasteiger partial charge in [-0.15, -0.1) is 0 Å². The summed E-state index contributed by atoms with van der Waals surface area (Å²) in [6, 6.07) is 9.91. The van der Waals surface area contributed by atoms with Crippen molar-refractivity contribution >= 4 is 13.7 Å². The Hall–Kier alpha value is -1.15. The summed E-state index contributed by atoms with van der Waals surface area (Å²) in [6.45, 7) is 7.35. The minimum absolute atomic E-state index is 0.151. The summed E-state index contributed by atoms with van der Waals surface area (Å²) >= 11 is 0. The van der Waals surface area contributed by atoms with Crippen molar-refractivity contribution in [3.05, 3.63) is 53.9 Å². The van der Waals surface area contributed by atoms with Gasteiger partial charge in [-0.1, -0.05) is 48.6 Å². The van der Waals surface area contributed by atoms with Gasteiger partial charge in [0.2, 0.25) is 0 Å². The summed E-state index contributed by atoms with van der Waals surface area (Å²) in [7, 11) is -3.18. The van der Waals surface area contributed by atoms with Crippen LogP contribution in [0.4, 0.5) is 0 Å². The van der Waals surface area contributed by atoms with Gasteiger partial charge in [-0.2, -0.15) is 0 Å². The highest BCUT2D eigenvalue weighted by Crippen LogP contribution is 2.51. The molecule has 20 heavy (non-hydrogen) atoms. The Morgan fingerprint density at radius 2 is 1.50 bits per heavy atom. The third-order valence-corrected chi connectivity index (χ3v) is 4.15. The number of hydrogen-bond donors (Lipinski definition) is 0. The van der Waals surface area contributed by atoms with Gasteiger partial charge in [0, 0.05) is 5.82 Å². The van der Waals surface area contributed by atoms with Crippen LogP contribution in [0.25, 0.3) is 6.08 Å². The van der Waals surface area contributed by atoms with Crippen molar-refractivity contribution in [1.29, 1.82) is 0 Å². The molecule has 0 amide bonds. The number of benzene rings is 1. The van der Waals surface area contributed by atoms with E-state index >= 15 is 0 Å².